The van der Waals surface area contributed by atoms with E-state index < -0.39 is 0 Å². The minimum atomic E-state index is 0.0901. The van der Waals surface area contributed by atoms with Crippen molar-refractivity contribution in [3.8, 4) is 6.07 Å². The van der Waals surface area contributed by atoms with Crippen molar-refractivity contribution < 1.29 is 0 Å². The Labute approximate surface area is 109 Å². The first kappa shape index (κ1) is 14.0. The minimum Gasteiger partial charge on any atom is -0.301 e. The Kier molecular flexibility index (Phi) is 5.47. The molecule has 0 aliphatic carbocycles. The predicted octanol–water partition coefficient (Wildman–Crippen LogP) is 3.57. The summed E-state index contributed by atoms with van der Waals surface area (Å²) in [5, 5.41) is 9.81. The van der Waals surface area contributed by atoms with Crippen LogP contribution in [0.5, 0.6) is 0 Å². The van der Waals surface area contributed by atoms with Crippen LogP contribution in [-0.4, -0.2) is 18.5 Å². The molecule has 2 nitrogen and oxygen atoms in total. The summed E-state index contributed by atoms with van der Waals surface area (Å²) in [4.78, 5) is 2.18. The number of nitriles is 1. The molecular formula is C14H19ClN2. The van der Waals surface area contributed by atoms with Crippen molar-refractivity contribution in [3.63, 3.8) is 0 Å². The first-order chi connectivity index (χ1) is 8.02. The van der Waals surface area contributed by atoms with Crippen LogP contribution >= 0.6 is 11.6 Å². The normalized spacial score (nSPS) is 12.8. The fourth-order valence-corrected chi connectivity index (χ4v) is 1.83. The van der Waals surface area contributed by atoms with E-state index in [1.165, 1.54) is 5.56 Å². The van der Waals surface area contributed by atoms with E-state index in [9.17, 15) is 0 Å². The zero-order valence-corrected chi connectivity index (χ0v) is 11.4. The topological polar surface area (TPSA) is 27.0 Å². The van der Waals surface area contributed by atoms with Crippen molar-refractivity contribution in [3.05, 3.63) is 34.9 Å². The lowest BCUT2D eigenvalue weighted by Gasteiger charge is -2.22. The number of nitrogens with zero attached hydrogens (tertiary/aromatic N) is 2. The highest BCUT2D eigenvalue weighted by molar-refractivity contribution is 6.30. The molecule has 17 heavy (non-hydrogen) atoms. The molecule has 0 aliphatic rings. The van der Waals surface area contributed by atoms with Gasteiger partial charge in [0.15, 0.2) is 0 Å². The number of hydrogen-bond acceptors (Lipinski definition) is 2. The van der Waals surface area contributed by atoms with Crippen molar-refractivity contribution in [2.75, 3.05) is 13.6 Å². The van der Waals surface area contributed by atoms with Crippen molar-refractivity contribution in [1.29, 1.82) is 5.26 Å². The number of hydrogen-bond donors (Lipinski definition) is 0. The highest BCUT2D eigenvalue weighted by atomic mass is 35.5. The Hall–Kier alpha value is -1.04. The summed E-state index contributed by atoms with van der Waals surface area (Å²) in [6.45, 7) is 5.83. The third-order valence-electron chi connectivity index (χ3n) is 2.84. The summed E-state index contributed by atoms with van der Waals surface area (Å²) in [7, 11) is 2.04. The quantitative estimate of drug-likeness (QED) is 0.799. The zero-order valence-electron chi connectivity index (χ0n) is 10.7. The SMILES string of the molecule is CC(C)C(C#N)CN(C)Cc1ccc(Cl)cc1. The van der Waals surface area contributed by atoms with E-state index in [-0.39, 0.29) is 5.92 Å². The molecule has 0 heterocycles. The van der Waals surface area contributed by atoms with Gasteiger partial charge in [-0.1, -0.05) is 37.6 Å². The lowest BCUT2D eigenvalue weighted by Crippen LogP contribution is -2.27. The van der Waals surface area contributed by atoms with Crippen molar-refractivity contribution in [1.82, 2.24) is 4.90 Å². The molecule has 0 N–H and O–H groups in total. The van der Waals surface area contributed by atoms with Gasteiger partial charge in [-0.25, -0.2) is 0 Å². The summed E-state index contributed by atoms with van der Waals surface area (Å²) < 4.78 is 0. The van der Waals surface area contributed by atoms with Crippen LogP contribution in [0.1, 0.15) is 19.4 Å². The molecule has 0 fully saturated rings. The van der Waals surface area contributed by atoms with Gasteiger partial charge in [0.2, 0.25) is 0 Å². The number of halogens is 1. The van der Waals surface area contributed by atoms with Gasteiger partial charge in [-0.3, -0.25) is 0 Å². The maximum absolute atomic E-state index is 9.05. The monoisotopic (exact) mass is 250 g/mol. The average Bonchev–Trinajstić information content (AvgIpc) is 2.28. The molecule has 1 unspecified atom stereocenters. The van der Waals surface area contributed by atoms with Crippen LogP contribution in [0.2, 0.25) is 5.02 Å². The first-order valence-corrected chi connectivity index (χ1v) is 6.23. The highest BCUT2D eigenvalue weighted by Gasteiger charge is 2.14. The first-order valence-electron chi connectivity index (χ1n) is 5.85. The van der Waals surface area contributed by atoms with Gasteiger partial charge in [-0.2, -0.15) is 5.26 Å². The summed E-state index contributed by atoms with van der Waals surface area (Å²) in [5.41, 5.74) is 1.22. The summed E-state index contributed by atoms with van der Waals surface area (Å²) in [6.07, 6.45) is 0. The molecule has 1 rings (SSSR count). The van der Waals surface area contributed by atoms with E-state index in [0.29, 0.717) is 5.92 Å². The highest BCUT2D eigenvalue weighted by Crippen LogP contribution is 2.14. The van der Waals surface area contributed by atoms with Crippen LogP contribution in [0.25, 0.3) is 0 Å². The predicted molar refractivity (Wildman–Crippen MR) is 71.7 cm³/mol. The van der Waals surface area contributed by atoms with E-state index in [0.717, 1.165) is 18.1 Å². The second-order valence-electron chi connectivity index (χ2n) is 4.80. The third kappa shape index (κ3) is 4.77. The summed E-state index contributed by atoms with van der Waals surface area (Å²) >= 11 is 5.84. The fraction of sp³-hybridized carbons (Fsp3) is 0.500. The smallest absolute Gasteiger partial charge is 0.0672 e. The van der Waals surface area contributed by atoms with Crippen molar-refractivity contribution in [2.45, 2.75) is 20.4 Å². The minimum absolute atomic E-state index is 0.0901. The molecule has 0 radical (unpaired) electrons. The Morgan fingerprint density at radius 1 is 1.29 bits per heavy atom. The maximum atomic E-state index is 9.05. The van der Waals surface area contributed by atoms with Crippen LogP contribution in [-0.2, 0) is 6.54 Å². The van der Waals surface area contributed by atoms with Crippen molar-refractivity contribution >= 4 is 11.6 Å². The molecule has 1 atom stereocenters. The molecule has 3 heteroatoms. The lowest BCUT2D eigenvalue weighted by atomic mass is 9.97. The molecule has 0 bridgehead atoms. The van der Waals surface area contributed by atoms with Gasteiger partial charge in [0.25, 0.3) is 0 Å². The molecule has 0 amide bonds. The second kappa shape index (κ2) is 6.64. The van der Waals surface area contributed by atoms with E-state index in [4.69, 9.17) is 16.9 Å². The molecule has 0 saturated carbocycles. The van der Waals surface area contributed by atoms with Gasteiger partial charge in [0.1, 0.15) is 0 Å². The molecule has 0 saturated heterocycles. The van der Waals surface area contributed by atoms with Crippen LogP contribution in [0.15, 0.2) is 24.3 Å². The molecule has 0 aliphatic heterocycles. The molecule has 1 aromatic rings. The molecular weight excluding hydrogens is 232 g/mol. The maximum Gasteiger partial charge on any atom is 0.0672 e. The van der Waals surface area contributed by atoms with Crippen molar-refractivity contribution in [2.24, 2.45) is 11.8 Å². The Bertz CT molecular complexity index is 378. The van der Waals surface area contributed by atoms with Crippen LogP contribution in [0.4, 0.5) is 0 Å². The summed E-state index contributed by atoms with van der Waals surface area (Å²) in [6, 6.07) is 10.2. The van der Waals surface area contributed by atoms with Gasteiger partial charge in [-0.15, -0.1) is 0 Å². The van der Waals surface area contributed by atoms with E-state index >= 15 is 0 Å². The van der Waals surface area contributed by atoms with Gasteiger partial charge in [-0.05, 0) is 30.7 Å². The van der Waals surface area contributed by atoms with E-state index in [1.807, 2.05) is 31.3 Å². The lowest BCUT2D eigenvalue weighted by molar-refractivity contribution is 0.265. The van der Waals surface area contributed by atoms with Crippen LogP contribution in [0.3, 0.4) is 0 Å². The molecule has 92 valence electrons. The van der Waals surface area contributed by atoms with E-state index in [1.54, 1.807) is 0 Å². The molecule has 0 spiro atoms. The molecule has 1 aromatic carbocycles. The largest absolute Gasteiger partial charge is 0.301 e. The second-order valence-corrected chi connectivity index (χ2v) is 5.24. The van der Waals surface area contributed by atoms with Crippen LogP contribution < -0.4 is 0 Å². The summed E-state index contributed by atoms with van der Waals surface area (Å²) in [5.74, 6) is 0.486. The third-order valence-corrected chi connectivity index (χ3v) is 3.10. The van der Waals surface area contributed by atoms with Gasteiger partial charge >= 0.3 is 0 Å². The number of benzene rings is 1. The fourth-order valence-electron chi connectivity index (χ4n) is 1.70. The molecule has 0 aromatic heterocycles. The zero-order chi connectivity index (χ0) is 12.8. The Morgan fingerprint density at radius 2 is 1.88 bits per heavy atom. The van der Waals surface area contributed by atoms with Gasteiger partial charge < -0.3 is 4.90 Å². The Morgan fingerprint density at radius 3 is 2.35 bits per heavy atom. The standard InChI is InChI=1S/C14H19ClN2/c1-11(2)13(8-16)10-17(3)9-12-4-6-14(15)7-5-12/h4-7,11,13H,9-10H2,1-3H3. The van der Waals surface area contributed by atoms with Gasteiger partial charge in [0.05, 0.1) is 12.0 Å². The average molecular weight is 251 g/mol. The number of rotatable bonds is 5. The van der Waals surface area contributed by atoms with Gasteiger partial charge in [0, 0.05) is 18.1 Å². The van der Waals surface area contributed by atoms with E-state index in [2.05, 4.69) is 24.8 Å². The van der Waals surface area contributed by atoms with Crippen LogP contribution in [0, 0.1) is 23.2 Å². The Balaban J connectivity index is 2.52.